The molecule has 0 radical (unpaired) electrons. The zero-order chi connectivity index (χ0) is 19.3. The molecule has 0 aliphatic carbocycles. The Balaban J connectivity index is 1.89. The summed E-state index contributed by atoms with van der Waals surface area (Å²) in [4.78, 5) is 36.2. The summed E-state index contributed by atoms with van der Waals surface area (Å²) in [6.45, 7) is 0.171. The van der Waals surface area contributed by atoms with Gasteiger partial charge < -0.3 is 15.5 Å². The number of hydrogen-bond acceptors (Lipinski definition) is 4. The first kappa shape index (κ1) is 19.2. The van der Waals surface area contributed by atoms with Gasteiger partial charge in [0.05, 0.1) is 12.6 Å². The lowest BCUT2D eigenvalue weighted by Gasteiger charge is -2.19. The first-order valence-corrected chi connectivity index (χ1v) is 7.68. The summed E-state index contributed by atoms with van der Waals surface area (Å²) >= 11 is 0. The lowest BCUT2D eigenvalue weighted by Crippen LogP contribution is -2.42. The van der Waals surface area contributed by atoms with E-state index in [1.165, 1.54) is 17.0 Å². The molecule has 26 heavy (non-hydrogen) atoms. The molecule has 2 N–H and O–H groups in total. The van der Waals surface area contributed by atoms with Crippen molar-refractivity contribution in [3.05, 3.63) is 29.8 Å². The minimum absolute atomic E-state index is 0.112. The van der Waals surface area contributed by atoms with E-state index >= 15 is 0 Å². The van der Waals surface area contributed by atoms with Gasteiger partial charge in [0, 0.05) is 17.8 Å². The van der Waals surface area contributed by atoms with E-state index in [1.807, 2.05) is 6.07 Å². The largest absolute Gasteiger partial charge is 0.471 e. The van der Waals surface area contributed by atoms with Gasteiger partial charge in [-0.25, -0.2) is 0 Å². The molecule has 1 saturated heterocycles. The highest BCUT2D eigenvalue weighted by Gasteiger charge is 2.38. The van der Waals surface area contributed by atoms with Gasteiger partial charge in [0.15, 0.2) is 0 Å². The van der Waals surface area contributed by atoms with E-state index in [4.69, 9.17) is 5.26 Å². The fraction of sp³-hybridized carbons (Fsp3) is 0.375. The van der Waals surface area contributed by atoms with Gasteiger partial charge in [-0.1, -0.05) is 0 Å². The number of carbonyl (C=O) groups excluding carboxylic acids is 3. The highest BCUT2D eigenvalue weighted by atomic mass is 19.4. The van der Waals surface area contributed by atoms with Gasteiger partial charge in [-0.3, -0.25) is 14.4 Å². The van der Waals surface area contributed by atoms with E-state index in [9.17, 15) is 27.6 Å². The minimum Gasteiger partial charge on any atom is -0.343 e. The molecular formula is C16H15F3N4O3. The Labute approximate surface area is 146 Å². The van der Waals surface area contributed by atoms with Crippen LogP contribution in [0.3, 0.4) is 0 Å². The van der Waals surface area contributed by atoms with Crippen molar-refractivity contribution in [1.29, 1.82) is 5.26 Å². The van der Waals surface area contributed by atoms with Crippen LogP contribution in [0.15, 0.2) is 24.3 Å². The van der Waals surface area contributed by atoms with E-state index in [2.05, 4.69) is 5.32 Å². The summed E-state index contributed by atoms with van der Waals surface area (Å²) in [6, 6.07) is 6.27. The number of carbonyl (C=O) groups is 3. The zero-order valence-corrected chi connectivity index (χ0v) is 13.5. The number of nitriles is 1. The fourth-order valence-corrected chi connectivity index (χ4v) is 2.47. The van der Waals surface area contributed by atoms with E-state index in [0.29, 0.717) is 13.0 Å². The Morgan fingerprint density at radius 3 is 2.46 bits per heavy atom. The predicted molar refractivity (Wildman–Crippen MR) is 83.8 cm³/mol. The maximum absolute atomic E-state index is 12.2. The molecule has 1 aromatic carbocycles. The van der Waals surface area contributed by atoms with Gasteiger partial charge >= 0.3 is 12.1 Å². The number of halogens is 3. The Kier molecular flexibility index (Phi) is 5.82. The molecule has 0 saturated carbocycles. The number of anilines is 1. The van der Waals surface area contributed by atoms with E-state index < -0.39 is 24.0 Å². The maximum Gasteiger partial charge on any atom is 0.471 e. The van der Waals surface area contributed by atoms with Crippen molar-refractivity contribution in [1.82, 2.24) is 10.2 Å². The number of nitrogens with one attached hydrogen (secondary N) is 2. The molecule has 0 aromatic heterocycles. The van der Waals surface area contributed by atoms with Gasteiger partial charge in [0.25, 0.3) is 5.91 Å². The summed E-state index contributed by atoms with van der Waals surface area (Å²) in [7, 11) is 0. The highest BCUT2D eigenvalue weighted by molar-refractivity contribution is 5.98. The van der Waals surface area contributed by atoms with Crippen molar-refractivity contribution in [2.75, 3.05) is 18.4 Å². The topological polar surface area (TPSA) is 102 Å². The molecule has 1 aliphatic rings. The van der Waals surface area contributed by atoms with Crippen LogP contribution in [0.5, 0.6) is 0 Å². The van der Waals surface area contributed by atoms with Crippen LogP contribution >= 0.6 is 0 Å². The molecule has 7 nitrogen and oxygen atoms in total. The quantitative estimate of drug-likeness (QED) is 0.839. The van der Waals surface area contributed by atoms with Gasteiger partial charge in [0.2, 0.25) is 5.91 Å². The molecule has 0 bridgehead atoms. The number of amides is 3. The standard InChI is InChI=1S/C16H15F3N4O3/c17-16(18,19)15(26)22-11-5-3-10(4-6-11)14(25)21-9-13(24)23-7-1-2-12(23)8-20/h3-6,12H,1-2,7,9H2,(H,21,25)(H,22,26)/t12-/m0/s1. The third-order valence-electron chi connectivity index (χ3n) is 3.78. The smallest absolute Gasteiger partial charge is 0.343 e. The third-order valence-corrected chi connectivity index (χ3v) is 3.78. The maximum atomic E-state index is 12.2. The summed E-state index contributed by atoms with van der Waals surface area (Å²) in [5, 5.41) is 13.0. The summed E-state index contributed by atoms with van der Waals surface area (Å²) < 4.78 is 36.5. The molecule has 0 spiro atoms. The van der Waals surface area contributed by atoms with Gasteiger partial charge in [-0.15, -0.1) is 0 Å². The van der Waals surface area contributed by atoms with Crippen molar-refractivity contribution < 1.29 is 27.6 Å². The van der Waals surface area contributed by atoms with E-state index in [1.54, 1.807) is 5.32 Å². The van der Waals surface area contributed by atoms with Gasteiger partial charge in [-0.2, -0.15) is 18.4 Å². The highest BCUT2D eigenvalue weighted by Crippen LogP contribution is 2.19. The molecule has 1 heterocycles. The second-order valence-corrected chi connectivity index (χ2v) is 5.59. The predicted octanol–water partition coefficient (Wildman–Crippen LogP) is 1.43. The lowest BCUT2D eigenvalue weighted by molar-refractivity contribution is -0.167. The Morgan fingerprint density at radius 2 is 1.88 bits per heavy atom. The number of alkyl halides is 3. The second kappa shape index (κ2) is 7.86. The first-order valence-electron chi connectivity index (χ1n) is 7.68. The average Bonchev–Trinajstić information content (AvgIpc) is 3.08. The van der Waals surface area contributed by atoms with Crippen molar-refractivity contribution in [3.8, 4) is 6.07 Å². The summed E-state index contributed by atoms with van der Waals surface area (Å²) in [5.74, 6) is -3.09. The van der Waals surface area contributed by atoms with Crippen molar-refractivity contribution in [3.63, 3.8) is 0 Å². The van der Waals surface area contributed by atoms with Crippen LogP contribution in [0.4, 0.5) is 18.9 Å². The molecule has 1 aliphatic heterocycles. The monoisotopic (exact) mass is 368 g/mol. The number of hydrogen-bond donors (Lipinski definition) is 2. The van der Waals surface area contributed by atoms with Crippen molar-refractivity contribution in [2.24, 2.45) is 0 Å². The van der Waals surface area contributed by atoms with Crippen LogP contribution in [0.25, 0.3) is 0 Å². The van der Waals surface area contributed by atoms with Crippen LogP contribution in [-0.2, 0) is 9.59 Å². The van der Waals surface area contributed by atoms with Gasteiger partial charge in [-0.05, 0) is 37.1 Å². The summed E-state index contributed by atoms with van der Waals surface area (Å²) in [6.07, 6.45) is -3.68. The Bertz CT molecular complexity index is 741. The molecule has 1 atom stereocenters. The number of benzene rings is 1. The number of rotatable bonds is 4. The fourth-order valence-electron chi connectivity index (χ4n) is 2.47. The summed E-state index contributed by atoms with van der Waals surface area (Å²) in [5.41, 5.74) is -0.00468. The van der Waals surface area contributed by atoms with Crippen LogP contribution in [0.1, 0.15) is 23.2 Å². The van der Waals surface area contributed by atoms with Crippen LogP contribution in [0, 0.1) is 11.3 Å². The molecule has 2 rings (SSSR count). The Morgan fingerprint density at radius 1 is 1.23 bits per heavy atom. The van der Waals surface area contributed by atoms with Gasteiger partial charge in [0.1, 0.15) is 6.04 Å². The number of nitrogens with zero attached hydrogens (tertiary/aromatic N) is 2. The lowest BCUT2D eigenvalue weighted by atomic mass is 10.2. The normalized spacial score (nSPS) is 16.7. The molecule has 10 heteroatoms. The third kappa shape index (κ3) is 4.72. The first-order chi connectivity index (χ1) is 12.2. The van der Waals surface area contributed by atoms with Crippen LogP contribution < -0.4 is 10.6 Å². The molecule has 1 fully saturated rings. The van der Waals surface area contributed by atoms with E-state index in [0.717, 1.165) is 18.6 Å². The SMILES string of the molecule is N#C[C@@H]1CCCN1C(=O)CNC(=O)c1ccc(NC(=O)C(F)(F)F)cc1. The second-order valence-electron chi connectivity index (χ2n) is 5.59. The molecule has 3 amide bonds. The number of likely N-dealkylation sites (tertiary alicyclic amines) is 1. The molecule has 138 valence electrons. The molecular weight excluding hydrogens is 353 g/mol. The van der Waals surface area contributed by atoms with Crippen LogP contribution in [0.2, 0.25) is 0 Å². The molecule has 1 aromatic rings. The van der Waals surface area contributed by atoms with E-state index in [-0.39, 0.29) is 23.7 Å². The zero-order valence-electron chi connectivity index (χ0n) is 13.5. The average molecular weight is 368 g/mol. The Hall–Kier alpha value is -3.09. The minimum atomic E-state index is -5.01. The van der Waals surface area contributed by atoms with Crippen molar-refractivity contribution >= 4 is 23.4 Å². The molecule has 0 unspecified atom stereocenters. The van der Waals surface area contributed by atoms with Crippen LogP contribution in [-0.4, -0.2) is 47.9 Å². The van der Waals surface area contributed by atoms with Crippen molar-refractivity contribution in [2.45, 2.75) is 25.1 Å².